The zero-order valence-electron chi connectivity index (χ0n) is 28.9. The standard InChI is InChI=1S/C38H76N2O2/c1-3-5-7-9-11-13-15-17-19-20-22-24-26-28-30-32-36-40(38(42)34-33-37(39)41)35-31-29-27-25-23-21-18-16-14-12-10-8-6-4-2/h3-36H2,1-2H3,(H2,39,41). The maximum absolute atomic E-state index is 12.7. The fourth-order valence-electron chi connectivity index (χ4n) is 6.10. The molecule has 42 heavy (non-hydrogen) atoms. The van der Waals surface area contributed by atoms with E-state index in [1.165, 1.54) is 180 Å². The lowest BCUT2D eigenvalue weighted by Crippen LogP contribution is -2.33. The van der Waals surface area contributed by atoms with Crippen LogP contribution in [-0.4, -0.2) is 29.8 Å². The molecular weight excluding hydrogens is 516 g/mol. The Morgan fingerprint density at radius 1 is 0.381 bits per heavy atom. The molecule has 0 fully saturated rings. The zero-order valence-corrected chi connectivity index (χ0v) is 28.9. The van der Waals surface area contributed by atoms with E-state index in [0.717, 1.165) is 25.9 Å². The number of hydrogen-bond acceptors (Lipinski definition) is 2. The predicted molar refractivity (Wildman–Crippen MR) is 185 cm³/mol. The van der Waals surface area contributed by atoms with E-state index in [0.29, 0.717) is 0 Å². The number of unbranched alkanes of at least 4 members (excludes halogenated alkanes) is 28. The van der Waals surface area contributed by atoms with E-state index in [4.69, 9.17) is 5.73 Å². The number of primary amides is 1. The molecule has 2 amide bonds. The highest BCUT2D eigenvalue weighted by atomic mass is 16.2. The SMILES string of the molecule is CCCCCCCCCCCCCCCCCCN(CCCCCCCCCCCCCCCC)C(=O)CCC(N)=O. The van der Waals surface area contributed by atoms with Crippen molar-refractivity contribution in [2.75, 3.05) is 13.1 Å². The number of nitrogens with zero attached hydrogens (tertiary/aromatic N) is 1. The van der Waals surface area contributed by atoms with Crippen LogP contribution in [0.4, 0.5) is 0 Å². The van der Waals surface area contributed by atoms with Crippen LogP contribution in [0, 0.1) is 0 Å². The monoisotopic (exact) mass is 593 g/mol. The maximum Gasteiger partial charge on any atom is 0.223 e. The predicted octanol–water partition coefficient (Wildman–Crippen LogP) is 11.8. The summed E-state index contributed by atoms with van der Waals surface area (Å²) in [7, 11) is 0. The van der Waals surface area contributed by atoms with Gasteiger partial charge in [0, 0.05) is 25.9 Å². The first-order valence-electron chi connectivity index (χ1n) is 19.2. The van der Waals surface area contributed by atoms with Gasteiger partial charge in [-0.15, -0.1) is 0 Å². The Morgan fingerprint density at radius 3 is 0.857 bits per heavy atom. The highest BCUT2D eigenvalue weighted by molar-refractivity contribution is 5.82. The van der Waals surface area contributed by atoms with E-state index in [1.807, 2.05) is 4.90 Å². The maximum atomic E-state index is 12.7. The van der Waals surface area contributed by atoms with Crippen molar-refractivity contribution in [3.05, 3.63) is 0 Å². The number of hydrogen-bond donors (Lipinski definition) is 1. The summed E-state index contributed by atoms with van der Waals surface area (Å²) >= 11 is 0. The molecule has 0 bridgehead atoms. The molecule has 0 aliphatic rings. The van der Waals surface area contributed by atoms with Crippen LogP contribution in [0.5, 0.6) is 0 Å². The fraction of sp³-hybridized carbons (Fsp3) is 0.947. The highest BCUT2D eigenvalue weighted by Gasteiger charge is 2.13. The summed E-state index contributed by atoms with van der Waals surface area (Å²) in [5.74, 6) is -0.258. The molecule has 2 N–H and O–H groups in total. The molecule has 4 heteroatoms. The van der Waals surface area contributed by atoms with Gasteiger partial charge in [-0.3, -0.25) is 9.59 Å². The lowest BCUT2D eigenvalue weighted by Gasteiger charge is -2.23. The summed E-state index contributed by atoms with van der Waals surface area (Å²) in [5.41, 5.74) is 5.30. The average Bonchev–Trinajstić information content (AvgIpc) is 2.98. The zero-order chi connectivity index (χ0) is 30.8. The average molecular weight is 593 g/mol. The first kappa shape index (κ1) is 40.9. The van der Waals surface area contributed by atoms with Gasteiger partial charge in [-0.1, -0.05) is 194 Å². The van der Waals surface area contributed by atoms with Gasteiger partial charge < -0.3 is 10.6 Å². The largest absolute Gasteiger partial charge is 0.370 e. The summed E-state index contributed by atoms with van der Waals surface area (Å²) in [5, 5.41) is 0. The second-order valence-corrected chi connectivity index (χ2v) is 13.2. The van der Waals surface area contributed by atoms with Crippen molar-refractivity contribution in [1.29, 1.82) is 0 Å². The molecule has 0 rings (SSSR count). The molecular formula is C38H76N2O2. The summed E-state index contributed by atoms with van der Waals surface area (Å²) in [4.78, 5) is 25.9. The second-order valence-electron chi connectivity index (χ2n) is 13.2. The molecule has 250 valence electrons. The minimum Gasteiger partial charge on any atom is -0.370 e. The molecule has 0 atom stereocenters. The molecule has 4 nitrogen and oxygen atoms in total. The highest BCUT2D eigenvalue weighted by Crippen LogP contribution is 2.16. The van der Waals surface area contributed by atoms with E-state index in [2.05, 4.69) is 13.8 Å². The van der Waals surface area contributed by atoms with E-state index in [1.54, 1.807) is 0 Å². The van der Waals surface area contributed by atoms with Gasteiger partial charge in [0.1, 0.15) is 0 Å². The molecule has 0 aromatic rings. The summed E-state index contributed by atoms with van der Waals surface area (Å²) < 4.78 is 0. The molecule has 0 aliphatic heterocycles. The summed E-state index contributed by atoms with van der Waals surface area (Å²) in [6.07, 6.45) is 41.1. The van der Waals surface area contributed by atoms with Gasteiger partial charge in [0.15, 0.2) is 0 Å². The van der Waals surface area contributed by atoms with Crippen molar-refractivity contribution in [3.63, 3.8) is 0 Å². The third-order valence-corrected chi connectivity index (χ3v) is 9.00. The quantitative estimate of drug-likeness (QED) is 0.0744. The second kappa shape index (κ2) is 34.4. The van der Waals surface area contributed by atoms with Crippen LogP contribution in [0.2, 0.25) is 0 Å². The van der Waals surface area contributed by atoms with Gasteiger partial charge in [-0.25, -0.2) is 0 Å². The van der Waals surface area contributed by atoms with Crippen molar-refractivity contribution < 1.29 is 9.59 Å². The first-order chi connectivity index (χ1) is 20.6. The Bertz CT molecular complexity index is 565. The van der Waals surface area contributed by atoms with Gasteiger partial charge in [-0.2, -0.15) is 0 Å². The number of carbonyl (C=O) groups is 2. The molecule has 0 aliphatic carbocycles. The lowest BCUT2D eigenvalue weighted by atomic mass is 10.0. The number of nitrogens with two attached hydrogens (primary N) is 1. The molecule has 0 saturated carbocycles. The summed E-state index contributed by atoms with van der Waals surface area (Å²) in [6.45, 7) is 6.25. The van der Waals surface area contributed by atoms with Crippen molar-refractivity contribution in [1.82, 2.24) is 4.90 Å². The van der Waals surface area contributed by atoms with Crippen LogP contribution in [0.15, 0.2) is 0 Å². The van der Waals surface area contributed by atoms with Gasteiger partial charge in [0.05, 0.1) is 0 Å². The topological polar surface area (TPSA) is 63.4 Å². The Kier molecular flexibility index (Phi) is 33.6. The smallest absolute Gasteiger partial charge is 0.223 e. The molecule has 0 radical (unpaired) electrons. The van der Waals surface area contributed by atoms with Gasteiger partial charge >= 0.3 is 0 Å². The lowest BCUT2D eigenvalue weighted by molar-refractivity contribution is -0.133. The van der Waals surface area contributed by atoms with Crippen LogP contribution >= 0.6 is 0 Å². The van der Waals surface area contributed by atoms with E-state index in [9.17, 15) is 9.59 Å². The third-order valence-electron chi connectivity index (χ3n) is 9.00. The van der Waals surface area contributed by atoms with Crippen molar-refractivity contribution in [3.8, 4) is 0 Å². The van der Waals surface area contributed by atoms with Crippen molar-refractivity contribution in [2.24, 2.45) is 5.73 Å². The number of carbonyl (C=O) groups excluding carboxylic acids is 2. The van der Waals surface area contributed by atoms with Gasteiger partial charge in [0.25, 0.3) is 0 Å². The first-order valence-corrected chi connectivity index (χ1v) is 19.2. The Morgan fingerprint density at radius 2 is 0.619 bits per heavy atom. The van der Waals surface area contributed by atoms with E-state index in [-0.39, 0.29) is 24.7 Å². The number of rotatable bonds is 35. The van der Waals surface area contributed by atoms with Crippen LogP contribution < -0.4 is 5.73 Å². The normalized spacial score (nSPS) is 11.3. The van der Waals surface area contributed by atoms with Crippen molar-refractivity contribution >= 4 is 11.8 Å². The molecule has 0 unspecified atom stereocenters. The number of amides is 2. The van der Waals surface area contributed by atoms with Crippen LogP contribution in [0.1, 0.15) is 219 Å². The minimum absolute atomic E-state index is 0.115. The van der Waals surface area contributed by atoms with E-state index < -0.39 is 0 Å². The molecule has 0 saturated heterocycles. The Labute approximate surface area is 264 Å². The van der Waals surface area contributed by atoms with Crippen molar-refractivity contribution in [2.45, 2.75) is 219 Å². The molecule has 0 spiro atoms. The molecule has 0 aromatic heterocycles. The third kappa shape index (κ3) is 31.9. The Hall–Kier alpha value is -1.06. The van der Waals surface area contributed by atoms with Crippen LogP contribution in [0.3, 0.4) is 0 Å². The van der Waals surface area contributed by atoms with Crippen LogP contribution in [0.25, 0.3) is 0 Å². The van der Waals surface area contributed by atoms with Crippen LogP contribution in [-0.2, 0) is 9.59 Å². The molecule has 0 aromatic carbocycles. The van der Waals surface area contributed by atoms with E-state index >= 15 is 0 Å². The van der Waals surface area contributed by atoms with Gasteiger partial charge in [-0.05, 0) is 12.8 Å². The fourth-order valence-corrected chi connectivity index (χ4v) is 6.10. The Balaban J connectivity index is 3.77. The molecule has 0 heterocycles. The van der Waals surface area contributed by atoms with Gasteiger partial charge in [0.2, 0.25) is 11.8 Å². The minimum atomic E-state index is -0.373. The summed E-state index contributed by atoms with van der Waals surface area (Å²) in [6, 6.07) is 0.